The van der Waals surface area contributed by atoms with E-state index in [2.05, 4.69) is 39.3 Å². The molecule has 45 heavy (non-hydrogen) atoms. The van der Waals surface area contributed by atoms with Gasteiger partial charge in [-0.25, -0.2) is 9.97 Å². The number of benzene rings is 1. The van der Waals surface area contributed by atoms with Gasteiger partial charge in [-0.05, 0) is 82.9 Å². The van der Waals surface area contributed by atoms with Crippen LogP contribution in [-0.2, 0) is 4.79 Å². The molecule has 0 bridgehead atoms. The van der Waals surface area contributed by atoms with E-state index in [1.165, 1.54) is 45.6 Å². The van der Waals surface area contributed by atoms with E-state index in [4.69, 9.17) is 9.72 Å². The lowest BCUT2D eigenvalue weighted by atomic mass is 9.89. The molecular weight excluding hydrogens is 568 g/mol. The van der Waals surface area contributed by atoms with E-state index in [0.717, 1.165) is 31.6 Å². The fraction of sp³-hybridized carbons (Fsp3) is 0.647. The first kappa shape index (κ1) is 31.5. The summed E-state index contributed by atoms with van der Waals surface area (Å²) < 4.78 is 5.69. The summed E-state index contributed by atoms with van der Waals surface area (Å²) in [5.74, 6) is 3.21. The number of aromatic nitrogens is 2. The van der Waals surface area contributed by atoms with Crippen molar-refractivity contribution in [3.05, 3.63) is 30.0 Å². The number of hydrogen-bond donors (Lipinski definition) is 2. The molecule has 2 aromatic rings. The predicted molar refractivity (Wildman–Crippen MR) is 178 cm³/mol. The third-order valence-electron chi connectivity index (χ3n) is 10.1. The van der Waals surface area contributed by atoms with Gasteiger partial charge in [0.25, 0.3) is 11.8 Å². The second kappa shape index (κ2) is 13.5. The Labute approximate surface area is 267 Å². The molecule has 11 nitrogen and oxygen atoms in total. The number of carbonyl (C=O) groups is 2. The number of carbonyl (C=O) groups excluding carboxylic acids is 2. The van der Waals surface area contributed by atoms with E-state index in [1.807, 2.05) is 24.0 Å². The number of likely N-dealkylation sites (N-methyl/N-ethyl adjacent to an activating group) is 1. The zero-order chi connectivity index (χ0) is 31.7. The van der Waals surface area contributed by atoms with Crippen molar-refractivity contribution in [1.82, 2.24) is 25.1 Å². The highest BCUT2D eigenvalue weighted by molar-refractivity contribution is 6.03. The molecule has 0 radical (unpaired) electrons. The second-order valence-corrected chi connectivity index (χ2v) is 13.5. The summed E-state index contributed by atoms with van der Waals surface area (Å²) in [6.07, 6.45) is 9.45. The van der Waals surface area contributed by atoms with Gasteiger partial charge in [0.05, 0.1) is 19.0 Å². The quantitative estimate of drug-likeness (QED) is 0.404. The Hall–Kier alpha value is -3.44. The van der Waals surface area contributed by atoms with Crippen LogP contribution in [0, 0.1) is 5.92 Å². The minimum absolute atomic E-state index is 0.0229. The van der Waals surface area contributed by atoms with Crippen LogP contribution >= 0.6 is 0 Å². The first-order valence-electron chi connectivity index (χ1n) is 16.9. The average molecular weight is 619 g/mol. The molecule has 1 aromatic heterocycles. The number of nitrogens with one attached hydrogen (secondary N) is 2. The van der Waals surface area contributed by atoms with Crippen molar-refractivity contribution in [2.75, 3.05) is 62.0 Å². The first-order chi connectivity index (χ1) is 21.7. The van der Waals surface area contributed by atoms with Gasteiger partial charge >= 0.3 is 0 Å². The number of piperazine rings is 1. The summed E-state index contributed by atoms with van der Waals surface area (Å²) >= 11 is 0. The zero-order valence-corrected chi connectivity index (χ0v) is 27.6. The molecule has 6 rings (SSSR count). The lowest BCUT2D eigenvalue weighted by Crippen LogP contribution is -2.55. The van der Waals surface area contributed by atoms with E-state index in [1.54, 1.807) is 31.3 Å². The van der Waals surface area contributed by atoms with Crippen LogP contribution in [-0.4, -0.2) is 103 Å². The molecule has 0 spiro atoms. The van der Waals surface area contributed by atoms with Crippen molar-refractivity contribution >= 4 is 35.0 Å². The summed E-state index contributed by atoms with van der Waals surface area (Å²) in [4.78, 5) is 44.7. The molecule has 1 atom stereocenters. The summed E-state index contributed by atoms with van der Waals surface area (Å²) in [5, 5.41) is 6.60. The van der Waals surface area contributed by atoms with Gasteiger partial charge in [-0.1, -0.05) is 6.92 Å². The maximum Gasteiger partial charge on any atom is 0.251 e. The van der Waals surface area contributed by atoms with Gasteiger partial charge in [0.15, 0.2) is 17.5 Å². The molecule has 2 aliphatic carbocycles. The average Bonchev–Trinajstić information content (AvgIpc) is 3.87. The molecule has 2 N–H and O–H groups in total. The van der Waals surface area contributed by atoms with Crippen molar-refractivity contribution in [3.63, 3.8) is 0 Å². The predicted octanol–water partition coefficient (Wildman–Crippen LogP) is 4.27. The molecule has 3 heterocycles. The van der Waals surface area contributed by atoms with Crippen LogP contribution in [0.4, 0.5) is 23.1 Å². The van der Waals surface area contributed by atoms with E-state index >= 15 is 0 Å². The molecule has 2 aliphatic heterocycles. The number of rotatable bonds is 10. The minimum Gasteiger partial charge on any atom is -0.495 e. The fourth-order valence-electron chi connectivity index (χ4n) is 7.32. The molecule has 244 valence electrons. The monoisotopic (exact) mass is 618 g/mol. The normalized spacial score (nSPS) is 24.5. The Kier molecular flexibility index (Phi) is 9.46. The molecular formula is C34H50N8O3. The Balaban J connectivity index is 1.06. The summed E-state index contributed by atoms with van der Waals surface area (Å²) in [5.41, 5.74) is 1.25. The standard InChI is InChI=1S/C34H50N8O3/c1-6-28-34(44)39(4)31-32(42(28)22(2)3)38-30(20-35-31)37-27-14-9-24(19-29(27)45-5)33(43)36-25-10-12-26(13-11-25)41-17-15-40(16-18-41)21-23-7-8-23/h9,14,19-20,22-23,25-26,28H,6-8,10-13,15-18,21H2,1-5H3,(H,36,43)(H,37,38)/t25?,26?,28-/m1/s1. The number of methoxy groups -OCH3 is 1. The van der Waals surface area contributed by atoms with Crippen molar-refractivity contribution in [2.24, 2.45) is 5.92 Å². The van der Waals surface area contributed by atoms with Crippen molar-refractivity contribution < 1.29 is 14.3 Å². The van der Waals surface area contributed by atoms with Gasteiger partial charge in [0.1, 0.15) is 11.8 Å². The molecule has 2 amide bonds. The third-order valence-corrected chi connectivity index (χ3v) is 10.1. The summed E-state index contributed by atoms with van der Waals surface area (Å²) in [7, 11) is 3.35. The van der Waals surface area contributed by atoms with E-state index in [9.17, 15) is 9.59 Å². The van der Waals surface area contributed by atoms with Gasteiger partial charge in [-0.3, -0.25) is 19.4 Å². The highest BCUT2D eigenvalue weighted by Crippen LogP contribution is 2.37. The van der Waals surface area contributed by atoms with Crippen molar-refractivity contribution in [2.45, 2.75) is 89.9 Å². The van der Waals surface area contributed by atoms with Crippen LogP contribution in [0.2, 0.25) is 0 Å². The molecule has 11 heteroatoms. The summed E-state index contributed by atoms with van der Waals surface area (Å²) in [6.45, 7) is 12.2. The van der Waals surface area contributed by atoms with Crippen molar-refractivity contribution in [3.8, 4) is 5.75 Å². The lowest BCUT2D eigenvalue weighted by molar-refractivity contribution is -0.120. The number of fused-ring (bicyclic) bond motifs is 1. The molecule has 3 fully saturated rings. The van der Waals surface area contributed by atoms with Crippen LogP contribution < -0.4 is 25.2 Å². The van der Waals surface area contributed by atoms with Gasteiger partial charge in [0, 0.05) is 63.5 Å². The second-order valence-electron chi connectivity index (χ2n) is 13.5. The SMILES string of the molecule is CC[C@@H]1C(=O)N(C)c2ncc(Nc3ccc(C(=O)NC4CCC(N5CCN(CC6CC6)CC5)CC4)cc3OC)nc2N1C(C)C. The first-order valence-corrected chi connectivity index (χ1v) is 16.9. The number of hydrogen-bond acceptors (Lipinski definition) is 9. The van der Waals surface area contributed by atoms with E-state index < -0.39 is 0 Å². The van der Waals surface area contributed by atoms with Crippen LogP contribution in [0.3, 0.4) is 0 Å². The molecule has 0 unspecified atom stereocenters. The zero-order valence-electron chi connectivity index (χ0n) is 27.6. The van der Waals surface area contributed by atoms with Crippen LogP contribution in [0.1, 0.15) is 76.1 Å². The molecule has 1 aromatic carbocycles. The smallest absolute Gasteiger partial charge is 0.251 e. The number of ether oxygens (including phenoxy) is 1. The highest BCUT2D eigenvalue weighted by atomic mass is 16.5. The molecule has 4 aliphatic rings. The van der Waals surface area contributed by atoms with Gasteiger partial charge in [-0.15, -0.1) is 0 Å². The molecule has 1 saturated heterocycles. The Morgan fingerprint density at radius 3 is 2.42 bits per heavy atom. The Morgan fingerprint density at radius 1 is 1.04 bits per heavy atom. The Morgan fingerprint density at radius 2 is 1.78 bits per heavy atom. The number of amides is 2. The topological polar surface area (TPSA) is 106 Å². The van der Waals surface area contributed by atoms with Gasteiger partial charge < -0.3 is 25.2 Å². The van der Waals surface area contributed by atoms with E-state index in [-0.39, 0.29) is 29.9 Å². The van der Waals surface area contributed by atoms with Crippen LogP contribution in [0.5, 0.6) is 5.75 Å². The number of nitrogens with zero attached hydrogens (tertiary/aromatic N) is 6. The number of anilines is 4. The molecule has 2 saturated carbocycles. The Bertz CT molecular complexity index is 1370. The van der Waals surface area contributed by atoms with Gasteiger partial charge in [0.2, 0.25) is 0 Å². The largest absolute Gasteiger partial charge is 0.495 e. The summed E-state index contributed by atoms with van der Waals surface area (Å²) in [6, 6.07) is 6.06. The van der Waals surface area contributed by atoms with Crippen LogP contribution in [0.15, 0.2) is 24.4 Å². The fourth-order valence-corrected chi connectivity index (χ4v) is 7.32. The van der Waals surface area contributed by atoms with Crippen molar-refractivity contribution in [1.29, 1.82) is 0 Å². The maximum absolute atomic E-state index is 13.3. The van der Waals surface area contributed by atoms with Gasteiger partial charge in [-0.2, -0.15) is 0 Å². The maximum atomic E-state index is 13.3. The van der Waals surface area contributed by atoms with E-state index in [0.29, 0.717) is 46.9 Å². The minimum atomic E-state index is -0.290. The lowest BCUT2D eigenvalue weighted by Gasteiger charge is -2.42. The van der Waals surface area contributed by atoms with Crippen LogP contribution in [0.25, 0.3) is 0 Å². The highest BCUT2D eigenvalue weighted by Gasteiger charge is 2.39. The third kappa shape index (κ3) is 6.89.